The summed E-state index contributed by atoms with van der Waals surface area (Å²) in [6.07, 6.45) is 1.04. The van der Waals surface area contributed by atoms with Gasteiger partial charge in [0.25, 0.3) is 0 Å². The maximum atomic E-state index is 9.35. The average Bonchev–Trinajstić information content (AvgIpc) is 2.70. The van der Waals surface area contributed by atoms with Gasteiger partial charge in [0.2, 0.25) is 0 Å². The molecule has 1 N–H and O–H groups in total. The fraction of sp³-hybridized carbons (Fsp3) is 0.200. The number of aliphatic hydroxyl groups excluding tert-OH is 1. The van der Waals surface area contributed by atoms with Crippen molar-refractivity contribution in [3.05, 3.63) is 39.6 Å². The second-order valence-electron chi connectivity index (χ2n) is 3.36. The molecule has 2 rings (SSSR count). The van der Waals surface area contributed by atoms with E-state index in [1.807, 2.05) is 6.07 Å². The highest BCUT2D eigenvalue weighted by Crippen LogP contribution is 2.24. The van der Waals surface area contributed by atoms with E-state index in [-0.39, 0.29) is 0 Å². The zero-order valence-corrected chi connectivity index (χ0v) is 10.8. The van der Waals surface area contributed by atoms with Crippen LogP contribution in [0.3, 0.4) is 0 Å². The topological polar surface area (TPSA) is 50.9 Å². The molecule has 1 heterocycles. The fourth-order valence-electron chi connectivity index (χ4n) is 1.25. The largest absolute Gasteiger partial charge is 0.387 e. The average molecular weight is 303 g/mol. The van der Waals surface area contributed by atoms with Crippen LogP contribution in [0, 0.1) is 0 Å². The number of aliphatic hydroxyl groups is 1. The summed E-state index contributed by atoms with van der Waals surface area (Å²) in [5.41, 5.74) is 1.30. The first kappa shape index (κ1) is 11.6. The van der Waals surface area contributed by atoms with Crippen LogP contribution in [-0.4, -0.2) is 20.1 Å². The SMILES string of the molecule is CC(O)c1cn(-c2cc(Cl)ccc2Br)nn1. The van der Waals surface area contributed by atoms with Crippen molar-refractivity contribution in [1.29, 1.82) is 0 Å². The molecule has 6 heteroatoms. The predicted octanol–water partition coefficient (Wildman–Crippen LogP) is 2.74. The highest BCUT2D eigenvalue weighted by Gasteiger charge is 2.09. The minimum atomic E-state index is -0.633. The molecule has 16 heavy (non-hydrogen) atoms. The van der Waals surface area contributed by atoms with Crippen molar-refractivity contribution in [2.45, 2.75) is 13.0 Å². The third kappa shape index (κ3) is 2.26. The zero-order chi connectivity index (χ0) is 11.7. The molecule has 0 fully saturated rings. The van der Waals surface area contributed by atoms with Crippen LogP contribution >= 0.6 is 27.5 Å². The summed E-state index contributed by atoms with van der Waals surface area (Å²) in [6.45, 7) is 1.64. The third-order valence-corrected chi connectivity index (χ3v) is 3.00. The van der Waals surface area contributed by atoms with E-state index in [0.29, 0.717) is 10.7 Å². The lowest BCUT2D eigenvalue weighted by Gasteiger charge is -2.03. The van der Waals surface area contributed by atoms with Gasteiger partial charge in [-0.2, -0.15) is 0 Å². The van der Waals surface area contributed by atoms with Crippen LogP contribution < -0.4 is 0 Å². The third-order valence-electron chi connectivity index (χ3n) is 2.09. The lowest BCUT2D eigenvalue weighted by atomic mass is 10.3. The standard InChI is InChI=1S/C10H9BrClN3O/c1-6(16)9-5-15(14-13-9)10-4-7(12)2-3-8(10)11/h2-6,16H,1H3. The monoisotopic (exact) mass is 301 g/mol. The lowest BCUT2D eigenvalue weighted by Crippen LogP contribution is -1.96. The Balaban J connectivity index is 2.46. The van der Waals surface area contributed by atoms with Gasteiger partial charge in [0.05, 0.1) is 18.0 Å². The van der Waals surface area contributed by atoms with Crippen molar-refractivity contribution in [3.8, 4) is 5.69 Å². The van der Waals surface area contributed by atoms with Crippen LogP contribution in [0.15, 0.2) is 28.9 Å². The number of aromatic nitrogens is 3. The summed E-state index contributed by atoms with van der Waals surface area (Å²) >= 11 is 9.31. The summed E-state index contributed by atoms with van der Waals surface area (Å²) < 4.78 is 2.43. The quantitative estimate of drug-likeness (QED) is 0.928. The molecule has 0 spiro atoms. The maximum Gasteiger partial charge on any atom is 0.111 e. The number of nitrogens with zero attached hydrogens (tertiary/aromatic N) is 3. The Hall–Kier alpha value is -0.910. The Morgan fingerprint density at radius 1 is 1.50 bits per heavy atom. The molecule has 1 aromatic carbocycles. The minimum Gasteiger partial charge on any atom is -0.387 e. The van der Waals surface area contributed by atoms with E-state index < -0.39 is 6.10 Å². The van der Waals surface area contributed by atoms with Gasteiger partial charge in [0.1, 0.15) is 5.69 Å². The highest BCUT2D eigenvalue weighted by atomic mass is 79.9. The molecule has 0 radical (unpaired) electrons. The van der Waals surface area contributed by atoms with Crippen LogP contribution in [0.4, 0.5) is 0 Å². The molecule has 0 aliphatic rings. The maximum absolute atomic E-state index is 9.35. The van der Waals surface area contributed by atoms with E-state index in [1.165, 1.54) is 0 Å². The normalized spacial score (nSPS) is 12.8. The molecule has 1 atom stereocenters. The Bertz CT molecular complexity index is 513. The molecular weight excluding hydrogens is 293 g/mol. The Labute approximate surface area is 106 Å². The van der Waals surface area contributed by atoms with Crippen molar-refractivity contribution in [2.75, 3.05) is 0 Å². The second kappa shape index (κ2) is 4.53. The molecule has 0 aliphatic heterocycles. The molecule has 0 aliphatic carbocycles. The Morgan fingerprint density at radius 3 is 2.88 bits per heavy atom. The number of halogens is 2. The van der Waals surface area contributed by atoms with Crippen LogP contribution in [0.2, 0.25) is 5.02 Å². The van der Waals surface area contributed by atoms with Crippen molar-refractivity contribution in [2.24, 2.45) is 0 Å². The van der Waals surface area contributed by atoms with Gasteiger partial charge in [-0.3, -0.25) is 0 Å². The number of hydrogen-bond acceptors (Lipinski definition) is 3. The molecule has 2 aromatic rings. The fourth-order valence-corrected chi connectivity index (χ4v) is 1.84. The number of benzene rings is 1. The smallest absolute Gasteiger partial charge is 0.111 e. The summed E-state index contributed by atoms with van der Waals surface area (Å²) in [4.78, 5) is 0. The summed E-state index contributed by atoms with van der Waals surface area (Å²) in [5.74, 6) is 0. The first-order chi connectivity index (χ1) is 7.58. The van der Waals surface area contributed by atoms with E-state index in [9.17, 15) is 5.11 Å². The predicted molar refractivity (Wildman–Crippen MR) is 64.7 cm³/mol. The van der Waals surface area contributed by atoms with Crippen molar-refractivity contribution < 1.29 is 5.11 Å². The first-order valence-electron chi connectivity index (χ1n) is 4.63. The lowest BCUT2D eigenvalue weighted by molar-refractivity contribution is 0.194. The Kier molecular flexibility index (Phi) is 3.28. The van der Waals surface area contributed by atoms with Gasteiger partial charge in [-0.15, -0.1) is 5.10 Å². The van der Waals surface area contributed by atoms with E-state index in [4.69, 9.17) is 11.6 Å². The van der Waals surface area contributed by atoms with Gasteiger partial charge in [-0.1, -0.05) is 16.8 Å². The van der Waals surface area contributed by atoms with Crippen LogP contribution in [-0.2, 0) is 0 Å². The molecule has 84 valence electrons. The van der Waals surface area contributed by atoms with Gasteiger partial charge < -0.3 is 5.11 Å². The molecule has 1 aromatic heterocycles. The van der Waals surface area contributed by atoms with Crippen molar-refractivity contribution >= 4 is 27.5 Å². The summed E-state index contributed by atoms with van der Waals surface area (Å²) in [5, 5.41) is 17.8. The van der Waals surface area contributed by atoms with Gasteiger partial charge >= 0.3 is 0 Å². The van der Waals surface area contributed by atoms with Gasteiger partial charge in [-0.25, -0.2) is 4.68 Å². The number of rotatable bonds is 2. The van der Waals surface area contributed by atoms with Crippen LogP contribution in [0.1, 0.15) is 18.7 Å². The van der Waals surface area contributed by atoms with Gasteiger partial charge in [-0.05, 0) is 41.1 Å². The van der Waals surface area contributed by atoms with E-state index in [0.717, 1.165) is 10.2 Å². The van der Waals surface area contributed by atoms with Gasteiger partial charge in [0.15, 0.2) is 0 Å². The van der Waals surface area contributed by atoms with Crippen molar-refractivity contribution in [1.82, 2.24) is 15.0 Å². The highest BCUT2D eigenvalue weighted by molar-refractivity contribution is 9.10. The molecule has 0 bridgehead atoms. The first-order valence-corrected chi connectivity index (χ1v) is 5.81. The molecule has 0 amide bonds. The second-order valence-corrected chi connectivity index (χ2v) is 4.65. The summed E-state index contributed by atoms with van der Waals surface area (Å²) in [7, 11) is 0. The molecule has 4 nitrogen and oxygen atoms in total. The zero-order valence-electron chi connectivity index (χ0n) is 8.43. The molecular formula is C10H9BrClN3O. The molecule has 0 saturated carbocycles. The van der Waals surface area contributed by atoms with Crippen LogP contribution in [0.5, 0.6) is 0 Å². The van der Waals surface area contributed by atoms with E-state index in [2.05, 4.69) is 26.2 Å². The minimum absolute atomic E-state index is 0.520. The van der Waals surface area contributed by atoms with Gasteiger partial charge in [0, 0.05) is 9.50 Å². The van der Waals surface area contributed by atoms with Crippen LogP contribution in [0.25, 0.3) is 5.69 Å². The van der Waals surface area contributed by atoms with Crippen molar-refractivity contribution in [3.63, 3.8) is 0 Å². The Morgan fingerprint density at radius 2 is 2.25 bits per heavy atom. The van der Waals surface area contributed by atoms with E-state index >= 15 is 0 Å². The van der Waals surface area contributed by atoms with E-state index in [1.54, 1.807) is 29.9 Å². The molecule has 0 saturated heterocycles. The molecule has 1 unspecified atom stereocenters. The number of hydrogen-bond donors (Lipinski definition) is 1. The summed E-state index contributed by atoms with van der Waals surface area (Å²) in [6, 6.07) is 5.38.